The summed E-state index contributed by atoms with van der Waals surface area (Å²) in [5, 5.41) is 0. The minimum atomic E-state index is -0.0720. The number of ketones is 1. The first-order valence-electron chi connectivity index (χ1n) is 8.93. The number of carbonyl (C=O) groups is 1. The van der Waals surface area contributed by atoms with Gasteiger partial charge in [-0.05, 0) is 36.8 Å². The van der Waals surface area contributed by atoms with Crippen LogP contribution in [-0.2, 0) is 0 Å². The van der Waals surface area contributed by atoms with Gasteiger partial charge in [0.15, 0.2) is 5.78 Å². The van der Waals surface area contributed by atoms with Crippen molar-refractivity contribution in [1.29, 1.82) is 0 Å². The number of nitrogens with one attached hydrogen (secondary N) is 1. The third-order valence-electron chi connectivity index (χ3n) is 4.77. The van der Waals surface area contributed by atoms with Gasteiger partial charge in [-0.3, -0.25) is 4.79 Å². The van der Waals surface area contributed by atoms with E-state index < -0.39 is 0 Å². The normalized spacial score (nSPS) is 16.0. The molecule has 1 saturated heterocycles. The first-order valence-corrected chi connectivity index (χ1v) is 8.93. The molecule has 2 aromatic rings. The van der Waals surface area contributed by atoms with Gasteiger partial charge in [0.25, 0.3) is 0 Å². The third-order valence-corrected chi connectivity index (χ3v) is 4.77. The summed E-state index contributed by atoms with van der Waals surface area (Å²) >= 11 is 0. The maximum absolute atomic E-state index is 13.1. The lowest BCUT2D eigenvalue weighted by Gasteiger charge is -2.21. The van der Waals surface area contributed by atoms with E-state index in [0.29, 0.717) is 6.61 Å². The monoisotopic (exact) mass is 324 g/mol. The Bertz CT molecular complexity index is 645. The number of hydrogen-bond acceptors (Lipinski definition) is 2. The van der Waals surface area contributed by atoms with Crippen LogP contribution < -0.4 is 9.64 Å². The molecule has 126 valence electrons. The van der Waals surface area contributed by atoms with E-state index in [2.05, 4.69) is 12.1 Å². The number of benzene rings is 2. The van der Waals surface area contributed by atoms with Crippen LogP contribution in [-0.4, -0.2) is 32.0 Å². The zero-order valence-electron chi connectivity index (χ0n) is 14.3. The van der Waals surface area contributed by atoms with E-state index in [4.69, 9.17) is 4.74 Å². The van der Waals surface area contributed by atoms with E-state index in [-0.39, 0.29) is 11.7 Å². The van der Waals surface area contributed by atoms with Crippen LogP contribution in [0, 0.1) is 0 Å². The zero-order valence-corrected chi connectivity index (χ0v) is 14.3. The molecule has 1 atom stereocenters. The van der Waals surface area contributed by atoms with Crippen molar-refractivity contribution < 1.29 is 14.4 Å². The van der Waals surface area contributed by atoms with Crippen LogP contribution in [0.15, 0.2) is 54.6 Å². The average molecular weight is 324 g/mol. The van der Waals surface area contributed by atoms with Crippen molar-refractivity contribution in [3.8, 4) is 5.75 Å². The highest BCUT2D eigenvalue weighted by molar-refractivity contribution is 6.01. The predicted molar refractivity (Wildman–Crippen MR) is 95.9 cm³/mol. The summed E-state index contributed by atoms with van der Waals surface area (Å²) in [6, 6.07) is 17.8. The van der Waals surface area contributed by atoms with Gasteiger partial charge in [-0.2, -0.15) is 0 Å². The van der Waals surface area contributed by atoms with Gasteiger partial charge >= 0.3 is 0 Å². The Balaban J connectivity index is 1.82. The molecule has 1 aliphatic heterocycles. The molecule has 0 radical (unpaired) electrons. The first-order chi connectivity index (χ1) is 11.8. The van der Waals surface area contributed by atoms with E-state index >= 15 is 0 Å². The van der Waals surface area contributed by atoms with Crippen molar-refractivity contribution in [2.45, 2.75) is 25.7 Å². The molecule has 0 amide bonds. The lowest BCUT2D eigenvalue weighted by Crippen LogP contribution is -3.10. The minimum absolute atomic E-state index is 0.0720. The van der Waals surface area contributed by atoms with Crippen molar-refractivity contribution in [2.75, 3.05) is 26.2 Å². The smallest absolute Gasteiger partial charge is 0.175 e. The molecule has 0 bridgehead atoms. The standard InChI is InChI=1S/C21H25NO2/c1-2-24-19-12-10-18(11-13-19)21(23)20(16-22-14-6-7-15-22)17-8-4-3-5-9-17/h3-5,8-13,20H,2,6-7,14-16H2,1H3/p+1/t20-/m0/s1. The molecule has 1 aliphatic rings. The highest BCUT2D eigenvalue weighted by Gasteiger charge is 2.28. The summed E-state index contributed by atoms with van der Waals surface area (Å²) in [6.07, 6.45) is 2.54. The Morgan fingerprint density at radius 2 is 1.71 bits per heavy atom. The van der Waals surface area contributed by atoms with Crippen molar-refractivity contribution >= 4 is 5.78 Å². The number of hydrogen-bond donors (Lipinski definition) is 1. The molecule has 1 fully saturated rings. The second kappa shape index (κ2) is 8.11. The molecule has 0 aliphatic carbocycles. The number of likely N-dealkylation sites (tertiary alicyclic amines) is 1. The van der Waals surface area contributed by atoms with Gasteiger partial charge in [0.05, 0.1) is 32.2 Å². The summed E-state index contributed by atoms with van der Waals surface area (Å²) in [4.78, 5) is 14.7. The van der Waals surface area contributed by atoms with E-state index in [1.165, 1.54) is 25.9 Å². The van der Waals surface area contributed by atoms with Gasteiger partial charge in [0.1, 0.15) is 5.75 Å². The van der Waals surface area contributed by atoms with Crippen LogP contribution in [0.4, 0.5) is 0 Å². The summed E-state index contributed by atoms with van der Waals surface area (Å²) in [6.45, 7) is 5.84. The van der Waals surface area contributed by atoms with E-state index in [1.54, 1.807) is 4.90 Å². The molecule has 0 spiro atoms. The number of rotatable bonds is 7. The largest absolute Gasteiger partial charge is 0.494 e. The molecule has 3 heteroatoms. The molecule has 1 heterocycles. The molecular weight excluding hydrogens is 298 g/mol. The van der Waals surface area contributed by atoms with E-state index in [9.17, 15) is 4.79 Å². The quantitative estimate of drug-likeness (QED) is 0.794. The fraction of sp³-hybridized carbons (Fsp3) is 0.381. The van der Waals surface area contributed by atoms with Crippen LogP contribution in [0.25, 0.3) is 0 Å². The fourth-order valence-corrected chi connectivity index (χ4v) is 3.50. The van der Waals surface area contributed by atoms with Crippen LogP contribution in [0.1, 0.15) is 41.6 Å². The van der Waals surface area contributed by atoms with Crippen molar-refractivity contribution in [3.63, 3.8) is 0 Å². The number of ether oxygens (including phenoxy) is 1. The van der Waals surface area contributed by atoms with Crippen molar-refractivity contribution in [2.24, 2.45) is 0 Å². The molecule has 2 aromatic carbocycles. The molecule has 24 heavy (non-hydrogen) atoms. The van der Waals surface area contributed by atoms with Crippen molar-refractivity contribution in [3.05, 3.63) is 65.7 Å². The van der Waals surface area contributed by atoms with Gasteiger partial charge in [-0.1, -0.05) is 30.3 Å². The number of quaternary nitrogens is 1. The zero-order chi connectivity index (χ0) is 16.8. The van der Waals surface area contributed by atoms with Gasteiger partial charge in [0, 0.05) is 18.4 Å². The number of carbonyl (C=O) groups excluding carboxylic acids is 1. The molecular formula is C21H26NO2+. The maximum Gasteiger partial charge on any atom is 0.175 e. The molecule has 0 saturated carbocycles. The summed E-state index contributed by atoms with van der Waals surface area (Å²) in [7, 11) is 0. The van der Waals surface area contributed by atoms with E-state index in [0.717, 1.165) is 23.4 Å². The molecule has 1 N–H and O–H groups in total. The van der Waals surface area contributed by atoms with E-state index in [1.807, 2.05) is 49.4 Å². The summed E-state index contributed by atoms with van der Waals surface area (Å²) < 4.78 is 5.48. The molecule has 0 aromatic heterocycles. The molecule has 3 nitrogen and oxygen atoms in total. The maximum atomic E-state index is 13.1. The first kappa shape index (κ1) is 16.7. The van der Waals surface area contributed by atoms with Gasteiger partial charge in [0.2, 0.25) is 0 Å². The summed E-state index contributed by atoms with van der Waals surface area (Å²) in [5.74, 6) is 0.955. The second-order valence-corrected chi connectivity index (χ2v) is 6.45. The van der Waals surface area contributed by atoms with Gasteiger partial charge in [-0.25, -0.2) is 0 Å². The Morgan fingerprint density at radius 3 is 2.33 bits per heavy atom. The highest BCUT2D eigenvalue weighted by atomic mass is 16.5. The highest BCUT2D eigenvalue weighted by Crippen LogP contribution is 2.22. The molecule has 3 rings (SSSR count). The lowest BCUT2D eigenvalue weighted by atomic mass is 9.90. The van der Waals surface area contributed by atoms with Gasteiger partial charge in [-0.15, -0.1) is 0 Å². The average Bonchev–Trinajstić information content (AvgIpc) is 3.14. The van der Waals surface area contributed by atoms with Crippen molar-refractivity contribution in [1.82, 2.24) is 0 Å². The van der Waals surface area contributed by atoms with Crippen LogP contribution in [0.2, 0.25) is 0 Å². The van der Waals surface area contributed by atoms with Crippen LogP contribution in [0.5, 0.6) is 5.75 Å². The van der Waals surface area contributed by atoms with Gasteiger partial charge < -0.3 is 9.64 Å². The second-order valence-electron chi connectivity index (χ2n) is 6.45. The van der Waals surface area contributed by atoms with Crippen LogP contribution in [0.3, 0.4) is 0 Å². The Hall–Kier alpha value is -2.13. The Morgan fingerprint density at radius 1 is 1.04 bits per heavy atom. The SMILES string of the molecule is CCOc1ccc(C(=O)[C@@H](C[NH+]2CCCC2)c2ccccc2)cc1. The number of Topliss-reactive ketones (excluding diaryl/α,β-unsaturated/α-hetero) is 1. The van der Waals surface area contributed by atoms with Crippen LogP contribution >= 0.6 is 0 Å². The third kappa shape index (κ3) is 4.04. The predicted octanol–water partition coefficient (Wildman–Crippen LogP) is 2.73. The Labute approximate surface area is 144 Å². The molecule has 0 unspecified atom stereocenters. The summed E-state index contributed by atoms with van der Waals surface area (Å²) in [5.41, 5.74) is 1.89. The topological polar surface area (TPSA) is 30.7 Å². The lowest BCUT2D eigenvalue weighted by molar-refractivity contribution is -0.887. The fourth-order valence-electron chi connectivity index (χ4n) is 3.50. The minimum Gasteiger partial charge on any atom is -0.494 e. The Kier molecular flexibility index (Phi) is 5.65.